The van der Waals surface area contributed by atoms with E-state index in [0.717, 1.165) is 10.7 Å². The molecule has 26 heavy (non-hydrogen) atoms. The van der Waals surface area contributed by atoms with E-state index in [4.69, 9.17) is 0 Å². The summed E-state index contributed by atoms with van der Waals surface area (Å²) in [6.45, 7) is 1.87. The second-order valence-electron chi connectivity index (χ2n) is 5.88. The van der Waals surface area contributed by atoms with Crippen molar-refractivity contribution < 1.29 is 9.18 Å². The summed E-state index contributed by atoms with van der Waals surface area (Å²) in [5.74, 6) is 0.942. The molecular weight excluding hydrogens is 351 g/mol. The van der Waals surface area contributed by atoms with Gasteiger partial charge in [-0.1, -0.05) is 42.1 Å². The number of thioether (sulfide) groups is 1. The van der Waals surface area contributed by atoms with Gasteiger partial charge in [0.1, 0.15) is 5.82 Å². The van der Waals surface area contributed by atoms with Crippen molar-refractivity contribution in [3.8, 4) is 0 Å². The van der Waals surface area contributed by atoms with Crippen LogP contribution in [0.4, 0.5) is 4.39 Å². The van der Waals surface area contributed by atoms with E-state index in [2.05, 4.69) is 15.5 Å². The average Bonchev–Trinajstić information content (AvgIpc) is 3.02. The fourth-order valence-electron chi connectivity index (χ4n) is 2.49. The maximum absolute atomic E-state index is 13.0. The van der Waals surface area contributed by atoms with Crippen LogP contribution in [0.1, 0.15) is 34.7 Å². The third kappa shape index (κ3) is 4.29. The summed E-state index contributed by atoms with van der Waals surface area (Å²) < 4.78 is 14.8. The first-order valence-electron chi connectivity index (χ1n) is 8.17. The summed E-state index contributed by atoms with van der Waals surface area (Å²) >= 11 is 1.51. The van der Waals surface area contributed by atoms with Crippen LogP contribution in [-0.4, -0.2) is 20.7 Å². The van der Waals surface area contributed by atoms with E-state index in [1.54, 1.807) is 24.3 Å². The van der Waals surface area contributed by atoms with E-state index >= 15 is 0 Å². The Kier molecular flexibility index (Phi) is 5.68. The van der Waals surface area contributed by atoms with E-state index < -0.39 is 0 Å². The Labute approximate surface area is 155 Å². The van der Waals surface area contributed by atoms with Crippen LogP contribution in [0.25, 0.3) is 0 Å². The summed E-state index contributed by atoms with van der Waals surface area (Å²) in [4.78, 5) is 12.3. The molecule has 0 spiro atoms. The van der Waals surface area contributed by atoms with Crippen molar-refractivity contribution in [3.63, 3.8) is 0 Å². The van der Waals surface area contributed by atoms with E-state index in [9.17, 15) is 9.18 Å². The standard InChI is InChI=1S/C19H19FN4OS/c1-13(21-18(25)15-6-4-3-5-7-15)17-22-23-19(24(17)2)26-12-14-8-10-16(20)11-9-14/h3-11,13H,12H2,1-2H3,(H,21,25)/t13-/m1/s1. The molecule has 1 heterocycles. The highest BCUT2D eigenvalue weighted by molar-refractivity contribution is 7.98. The van der Waals surface area contributed by atoms with Gasteiger partial charge in [0, 0.05) is 18.4 Å². The van der Waals surface area contributed by atoms with Crippen LogP contribution in [0.5, 0.6) is 0 Å². The first-order chi connectivity index (χ1) is 12.5. The number of amides is 1. The van der Waals surface area contributed by atoms with Gasteiger partial charge < -0.3 is 9.88 Å². The largest absolute Gasteiger partial charge is 0.342 e. The van der Waals surface area contributed by atoms with Gasteiger partial charge in [0.2, 0.25) is 0 Å². The summed E-state index contributed by atoms with van der Waals surface area (Å²) in [6.07, 6.45) is 0. The van der Waals surface area contributed by atoms with Gasteiger partial charge in [-0.2, -0.15) is 0 Å². The second-order valence-corrected chi connectivity index (χ2v) is 6.82. The molecule has 0 aliphatic rings. The van der Waals surface area contributed by atoms with Crippen LogP contribution < -0.4 is 5.32 Å². The number of nitrogens with one attached hydrogen (secondary N) is 1. The van der Waals surface area contributed by atoms with Crippen LogP contribution in [-0.2, 0) is 12.8 Å². The molecular formula is C19H19FN4OS. The highest BCUT2D eigenvalue weighted by Crippen LogP contribution is 2.23. The molecule has 1 amide bonds. The monoisotopic (exact) mass is 370 g/mol. The predicted octanol–water partition coefficient (Wildman–Crippen LogP) is 3.74. The lowest BCUT2D eigenvalue weighted by Crippen LogP contribution is -2.28. The smallest absolute Gasteiger partial charge is 0.251 e. The molecule has 134 valence electrons. The highest BCUT2D eigenvalue weighted by Gasteiger charge is 2.18. The van der Waals surface area contributed by atoms with Crippen molar-refractivity contribution in [1.29, 1.82) is 0 Å². The Morgan fingerprint density at radius 3 is 2.54 bits per heavy atom. The molecule has 0 fully saturated rings. The van der Waals surface area contributed by atoms with E-state index in [1.807, 2.05) is 36.7 Å². The van der Waals surface area contributed by atoms with E-state index in [1.165, 1.54) is 23.9 Å². The van der Waals surface area contributed by atoms with Crippen molar-refractivity contribution in [3.05, 3.63) is 77.4 Å². The molecule has 1 atom stereocenters. The van der Waals surface area contributed by atoms with Crippen LogP contribution in [0.3, 0.4) is 0 Å². The topological polar surface area (TPSA) is 59.8 Å². The molecule has 5 nitrogen and oxygen atoms in total. The average molecular weight is 370 g/mol. The van der Waals surface area contributed by atoms with E-state index in [-0.39, 0.29) is 17.8 Å². The maximum Gasteiger partial charge on any atom is 0.251 e. The molecule has 0 aliphatic heterocycles. The fourth-order valence-corrected chi connectivity index (χ4v) is 3.37. The SMILES string of the molecule is C[C@@H](NC(=O)c1ccccc1)c1nnc(SCc2ccc(F)cc2)n1C. The van der Waals surface area contributed by atoms with Gasteiger partial charge in [-0.25, -0.2) is 4.39 Å². The second kappa shape index (κ2) is 8.14. The number of halogens is 1. The number of carbonyl (C=O) groups is 1. The van der Waals surface area contributed by atoms with Gasteiger partial charge in [-0.15, -0.1) is 10.2 Å². The lowest BCUT2D eigenvalue weighted by molar-refractivity contribution is 0.0937. The molecule has 1 N–H and O–H groups in total. The Morgan fingerprint density at radius 2 is 1.85 bits per heavy atom. The van der Waals surface area contributed by atoms with Crippen molar-refractivity contribution >= 4 is 17.7 Å². The molecule has 3 aromatic rings. The highest BCUT2D eigenvalue weighted by atomic mass is 32.2. The van der Waals surface area contributed by atoms with Crippen molar-refractivity contribution in [2.24, 2.45) is 7.05 Å². The number of benzene rings is 2. The zero-order valence-electron chi connectivity index (χ0n) is 14.5. The molecule has 0 aliphatic carbocycles. The summed E-state index contributed by atoms with van der Waals surface area (Å²) in [5, 5.41) is 12.1. The van der Waals surface area contributed by atoms with Gasteiger partial charge in [0.25, 0.3) is 5.91 Å². The number of aromatic nitrogens is 3. The van der Waals surface area contributed by atoms with Crippen LogP contribution in [0, 0.1) is 5.82 Å². The lowest BCUT2D eigenvalue weighted by Gasteiger charge is -2.13. The number of nitrogens with zero attached hydrogens (tertiary/aromatic N) is 3. The molecule has 0 unspecified atom stereocenters. The molecule has 2 aromatic carbocycles. The van der Waals surface area contributed by atoms with Gasteiger partial charge in [-0.05, 0) is 36.8 Å². The van der Waals surface area contributed by atoms with Gasteiger partial charge >= 0.3 is 0 Å². The van der Waals surface area contributed by atoms with Gasteiger partial charge in [-0.3, -0.25) is 4.79 Å². The van der Waals surface area contributed by atoms with Crippen molar-refractivity contribution in [1.82, 2.24) is 20.1 Å². The minimum absolute atomic E-state index is 0.151. The zero-order chi connectivity index (χ0) is 18.5. The minimum Gasteiger partial charge on any atom is -0.342 e. The molecule has 0 saturated carbocycles. The molecule has 0 bridgehead atoms. The summed E-state index contributed by atoms with van der Waals surface area (Å²) in [7, 11) is 1.87. The number of rotatable bonds is 6. The number of hydrogen-bond donors (Lipinski definition) is 1. The molecule has 3 rings (SSSR count). The van der Waals surface area contributed by atoms with Gasteiger partial charge in [0.15, 0.2) is 11.0 Å². The van der Waals surface area contributed by atoms with Crippen molar-refractivity contribution in [2.75, 3.05) is 0 Å². The Balaban J connectivity index is 1.64. The van der Waals surface area contributed by atoms with Crippen molar-refractivity contribution in [2.45, 2.75) is 23.9 Å². The Morgan fingerprint density at radius 1 is 1.15 bits per heavy atom. The summed E-state index contributed by atoms with van der Waals surface area (Å²) in [5.41, 5.74) is 1.61. The minimum atomic E-state index is -0.277. The Hall–Kier alpha value is -2.67. The number of carbonyl (C=O) groups excluding carboxylic acids is 1. The normalized spacial score (nSPS) is 12.0. The van der Waals surface area contributed by atoms with Crippen LogP contribution in [0.15, 0.2) is 59.8 Å². The third-order valence-electron chi connectivity index (χ3n) is 3.92. The summed E-state index contributed by atoms with van der Waals surface area (Å²) in [6, 6.07) is 15.2. The lowest BCUT2D eigenvalue weighted by atomic mass is 10.2. The fraction of sp³-hybridized carbons (Fsp3) is 0.211. The number of hydrogen-bond acceptors (Lipinski definition) is 4. The molecule has 1 aromatic heterocycles. The third-order valence-corrected chi connectivity index (χ3v) is 5.01. The van der Waals surface area contributed by atoms with Crippen LogP contribution in [0.2, 0.25) is 0 Å². The van der Waals surface area contributed by atoms with E-state index in [0.29, 0.717) is 17.1 Å². The Bertz CT molecular complexity index is 880. The quantitative estimate of drug-likeness (QED) is 0.672. The predicted molar refractivity (Wildman–Crippen MR) is 99.3 cm³/mol. The first kappa shape index (κ1) is 18.1. The maximum atomic E-state index is 13.0. The first-order valence-corrected chi connectivity index (χ1v) is 9.15. The zero-order valence-corrected chi connectivity index (χ0v) is 15.3. The van der Waals surface area contributed by atoms with Crippen LogP contribution >= 0.6 is 11.8 Å². The van der Waals surface area contributed by atoms with Gasteiger partial charge in [0.05, 0.1) is 6.04 Å². The molecule has 0 saturated heterocycles. The molecule has 0 radical (unpaired) electrons. The molecule has 7 heteroatoms.